The molecule has 0 saturated heterocycles. The Morgan fingerprint density at radius 1 is 1.45 bits per heavy atom. The van der Waals surface area contributed by atoms with Crippen molar-refractivity contribution in [1.82, 2.24) is 10.5 Å². The number of amides is 1. The topological polar surface area (TPSA) is 94.3 Å². The largest absolute Gasteiger partial charge is 0.460 e. The van der Waals surface area contributed by atoms with Crippen LogP contribution in [0, 0.1) is 12.8 Å². The van der Waals surface area contributed by atoms with Crippen LogP contribution in [0.1, 0.15) is 36.4 Å². The Morgan fingerprint density at radius 2 is 2.20 bits per heavy atom. The average Bonchev–Trinajstić information content (AvgIpc) is 2.94. The molecule has 0 bridgehead atoms. The second kappa shape index (κ2) is 5.81. The molecule has 0 aliphatic rings. The Morgan fingerprint density at radius 3 is 2.80 bits per heavy atom. The molecule has 0 unspecified atom stereocenters. The molecule has 2 rings (SSSR count). The lowest BCUT2D eigenvalue weighted by molar-refractivity contribution is 0.0953. The minimum atomic E-state index is -0.298. The zero-order valence-electron chi connectivity index (χ0n) is 11.9. The summed E-state index contributed by atoms with van der Waals surface area (Å²) < 4.78 is 10.4. The van der Waals surface area contributed by atoms with Gasteiger partial charge in [0.1, 0.15) is 11.3 Å². The zero-order chi connectivity index (χ0) is 14.7. The van der Waals surface area contributed by atoms with Crippen molar-refractivity contribution < 1.29 is 13.7 Å². The lowest BCUT2D eigenvalue weighted by Crippen LogP contribution is -2.26. The molecule has 0 radical (unpaired) electrons. The molecular formula is C14H19N3O3. The van der Waals surface area contributed by atoms with Gasteiger partial charge in [-0.05, 0) is 31.4 Å². The summed E-state index contributed by atoms with van der Waals surface area (Å²) in [7, 11) is 0. The number of nitrogens with zero attached hydrogens (tertiary/aromatic N) is 1. The number of carbonyl (C=O) groups excluding carboxylic acids is 1. The van der Waals surface area contributed by atoms with E-state index in [9.17, 15) is 4.79 Å². The van der Waals surface area contributed by atoms with Crippen LogP contribution in [0.5, 0.6) is 0 Å². The number of hydrogen-bond donors (Lipinski definition) is 2. The quantitative estimate of drug-likeness (QED) is 0.876. The maximum absolute atomic E-state index is 12.2. The molecular weight excluding hydrogens is 258 g/mol. The summed E-state index contributed by atoms with van der Waals surface area (Å²) in [6.07, 6.45) is 0.895. The third kappa shape index (κ3) is 3.01. The van der Waals surface area contributed by atoms with Crippen LogP contribution in [0.15, 0.2) is 21.1 Å². The fraction of sp³-hybridized carbons (Fsp3) is 0.429. The molecule has 0 fully saturated rings. The van der Waals surface area contributed by atoms with Gasteiger partial charge in [-0.1, -0.05) is 19.0 Å². The van der Waals surface area contributed by atoms with E-state index < -0.39 is 0 Å². The molecule has 6 nitrogen and oxygen atoms in total. The zero-order valence-corrected chi connectivity index (χ0v) is 11.9. The molecule has 1 amide bonds. The number of aryl methyl sites for hydroxylation is 1. The van der Waals surface area contributed by atoms with Gasteiger partial charge in [0.2, 0.25) is 5.88 Å². The van der Waals surface area contributed by atoms with E-state index >= 15 is 0 Å². The maximum Gasteiger partial charge on any atom is 0.259 e. The number of furan rings is 1. The first-order valence-electron chi connectivity index (χ1n) is 6.59. The van der Waals surface area contributed by atoms with Crippen molar-refractivity contribution in [1.29, 1.82) is 0 Å². The van der Waals surface area contributed by atoms with E-state index in [0.29, 0.717) is 23.9 Å². The van der Waals surface area contributed by atoms with E-state index in [2.05, 4.69) is 24.3 Å². The average molecular weight is 277 g/mol. The highest BCUT2D eigenvalue weighted by Gasteiger charge is 2.24. The molecule has 0 aliphatic carbocycles. The molecule has 20 heavy (non-hydrogen) atoms. The minimum absolute atomic E-state index is 0.00361. The SMILES string of the molecule is Cc1ccc(-c2noc(N)c2C(=O)NCCC(C)C)o1. The molecule has 0 aliphatic heterocycles. The summed E-state index contributed by atoms with van der Waals surface area (Å²) in [4.78, 5) is 12.2. The molecule has 2 heterocycles. The van der Waals surface area contributed by atoms with Crippen molar-refractivity contribution in [3.05, 3.63) is 23.5 Å². The molecule has 2 aromatic rings. The third-order valence-electron chi connectivity index (χ3n) is 2.93. The van der Waals surface area contributed by atoms with Gasteiger partial charge >= 0.3 is 0 Å². The Balaban J connectivity index is 2.19. The molecule has 0 aromatic carbocycles. The fourth-order valence-corrected chi connectivity index (χ4v) is 1.81. The van der Waals surface area contributed by atoms with E-state index in [1.54, 1.807) is 12.1 Å². The van der Waals surface area contributed by atoms with Crippen molar-refractivity contribution in [2.45, 2.75) is 27.2 Å². The number of nitrogens with two attached hydrogens (primary N) is 1. The van der Waals surface area contributed by atoms with Gasteiger partial charge in [0, 0.05) is 6.54 Å². The van der Waals surface area contributed by atoms with E-state index in [-0.39, 0.29) is 17.4 Å². The standard InChI is InChI=1S/C14H19N3O3/c1-8(2)6-7-16-14(18)11-12(17-20-13(11)15)10-5-4-9(3)19-10/h4-5,8H,6-7,15H2,1-3H3,(H,16,18). The summed E-state index contributed by atoms with van der Waals surface area (Å²) in [5.74, 6) is 1.41. The predicted octanol–water partition coefficient (Wildman–Crippen LogP) is 2.60. The lowest BCUT2D eigenvalue weighted by atomic mass is 10.1. The summed E-state index contributed by atoms with van der Waals surface area (Å²) in [6.45, 7) is 6.58. The number of aromatic nitrogens is 1. The normalized spacial score (nSPS) is 11.0. The smallest absolute Gasteiger partial charge is 0.259 e. The van der Waals surface area contributed by atoms with Gasteiger partial charge in [-0.2, -0.15) is 0 Å². The first-order chi connectivity index (χ1) is 9.49. The predicted molar refractivity (Wildman–Crippen MR) is 75.1 cm³/mol. The molecule has 3 N–H and O–H groups in total. The molecule has 0 atom stereocenters. The third-order valence-corrected chi connectivity index (χ3v) is 2.93. The molecule has 0 saturated carbocycles. The lowest BCUT2D eigenvalue weighted by Gasteiger charge is -2.06. The maximum atomic E-state index is 12.2. The number of nitrogens with one attached hydrogen (secondary N) is 1. The van der Waals surface area contributed by atoms with Gasteiger partial charge in [0.25, 0.3) is 5.91 Å². The molecule has 2 aromatic heterocycles. The van der Waals surface area contributed by atoms with Gasteiger partial charge in [-0.15, -0.1) is 0 Å². The van der Waals surface area contributed by atoms with Crippen molar-refractivity contribution in [2.24, 2.45) is 5.92 Å². The van der Waals surface area contributed by atoms with Crippen LogP contribution in [-0.4, -0.2) is 17.6 Å². The summed E-state index contributed by atoms with van der Waals surface area (Å²) in [5.41, 5.74) is 6.24. The summed E-state index contributed by atoms with van der Waals surface area (Å²) in [6, 6.07) is 3.53. The van der Waals surface area contributed by atoms with Crippen LogP contribution in [0.2, 0.25) is 0 Å². The molecule has 0 spiro atoms. The van der Waals surface area contributed by atoms with Gasteiger partial charge in [-0.3, -0.25) is 4.79 Å². The van der Waals surface area contributed by atoms with E-state index in [0.717, 1.165) is 12.2 Å². The Hall–Kier alpha value is -2.24. The molecule has 6 heteroatoms. The number of rotatable bonds is 5. The first-order valence-corrected chi connectivity index (χ1v) is 6.59. The van der Waals surface area contributed by atoms with Gasteiger partial charge in [0.15, 0.2) is 11.5 Å². The van der Waals surface area contributed by atoms with Crippen LogP contribution in [0.25, 0.3) is 11.5 Å². The first kappa shape index (κ1) is 14.2. The van der Waals surface area contributed by atoms with Crippen LogP contribution >= 0.6 is 0 Å². The van der Waals surface area contributed by atoms with E-state index in [4.69, 9.17) is 14.7 Å². The second-order valence-corrected chi connectivity index (χ2v) is 5.12. The Kier molecular flexibility index (Phi) is 4.12. The number of carbonyl (C=O) groups is 1. The summed E-state index contributed by atoms with van der Waals surface area (Å²) in [5, 5.41) is 6.62. The van der Waals surface area contributed by atoms with Gasteiger partial charge < -0.3 is 20.0 Å². The van der Waals surface area contributed by atoms with Gasteiger partial charge in [0.05, 0.1) is 0 Å². The fourth-order valence-electron chi connectivity index (χ4n) is 1.81. The Labute approximate surface area is 117 Å². The van der Waals surface area contributed by atoms with Crippen molar-refractivity contribution in [3.8, 4) is 11.5 Å². The minimum Gasteiger partial charge on any atom is -0.460 e. The second-order valence-electron chi connectivity index (χ2n) is 5.12. The highest BCUT2D eigenvalue weighted by atomic mass is 16.5. The molecule has 108 valence electrons. The van der Waals surface area contributed by atoms with Crippen LogP contribution in [0.4, 0.5) is 5.88 Å². The van der Waals surface area contributed by atoms with Crippen molar-refractivity contribution in [2.75, 3.05) is 12.3 Å². The van der Waals surface area contributed by atoms with E-state index in [1.165, 1.54) is 0 Å². The number of nitrogen functional groups attached to an aromatic ring is 1. The summed E-state index contributed by atoms with van der Waals surface area (Å²) >= 11 is 0. The van der Waals surface area contributed by atoms with Gasteiger partial charge in [-0.25, -0.2) is 0 Å². The van der Waals surface area contributed by atoms with Crippen LogP contribution in [-0.2, 0) is 0 Å². The highest BCUT2D eigenvalue weighted by Crippen LogP contribution is 2.28. The van der Waals surface area contributed by atoms with E-state index in [1.807, 2.05) is 6.92 Å². The van der Waals surface area contributed by atoms with Crippen molar-refractivity contribution >= 4 is 11.8 Å². The monoisotopic (exact) mass is 277 g/mol. The number of hydrogen-bond acceptors (Lipinski definition) is 5. The van der Waals surface area contributed by atoms with Crippen LogP contribution < -0.4 is 11.1 Å². The van der Waals surface area contributed by atoms with Crippen LogP contribution in [0.3, 0.4) is 0 Å². The number of anilines is 1. The Bertz CT molecular complexity index is 599. The van der Waals surface area contributed by atoms with Crippen molar-refractivity contribution in [3.63, 3.8) is 0 Å². The highest BCUT2D eigenvalue weighted by molar-refractivity contribution is 6.03.